The number of anilines is 1. The van der Waals surface area contributed by atoms with Crippen LogP contribution in [-0.2, 0) is 7.05 Å². The maximum atomic E-state index is 11.7. The molecule has 84 valence electrons. The van der Waals surface area contributed by atoms with Crippen molar-refractivity contribution < 1.29 is 0 Å². The highest BCUT2D eigenvalue weighted by Gasteiger charge is 2.05. The summed E-state index contributed by atoms with van der Waals surface area (Å²) in [4.78, 5) is 16.0. The Bertz CT molecular complexity index is 592. The molecule has 4 nitrogen and oxygen atoms in total. The van der Waals surface area contributed by atoms with E-state index in [0.29, 0.717) is 4.47 Å². The Labute approximate surface area is 101 Å². The summed E-state index contributed by atoms with van der Waals surface area (Å²) >= 11 is 3.24. The number of halogens is 1. The average Bonchev–Trinajstić information content (AvgIpc) is 2.28. The monoisotopic (exact) mass is 281 g/mol. The van der Waals surface area contributed by atoms with Gasteiger partial charge in [-0.05, 0) is 28.9 Å². The number of aromatic nitrogens is 2. The van der Waals surface area contributed by atoms with Crippen LogP contribution in [0.3, 0.4) is 0 Å². The number of aryl methyl sites for hydroxylation is 1. The van der Waals surface area contributed by atoms with Crippen LogP contribution in [0.25, 0.3) is 10.9 Å². The zero-order valence-corrected chi connectivity index (χ0v) is 10.7. The third kappa shape index (κ3) is 1.82. The normalized spacial score (nSPS) is 10.7. The molecule has 0 saturated carbocycles. The van der Waals surface area contributed by atoms with Crippen molar-refractivity contribution in [3.05, 3.63) is 33.2 Å². The van der Waals surface area contributed by atoms with Crippen molar-refractivity contribution in [2.75, 3.05) is 11.9 Å². The van der Waals surface area contributed by atoms with Gasteiger partial charge in [-0.1, -0.05) is 0 Å². The molecule has 0 fully saturated rings. The van der Waals surface area contributed by atoms with Gasteiger partial charge in [0.1, 0.15) is 5.82 Å². The number of fused-ring (bicyclic) bond motifs is 1. The molecular formula is C11H12BrN3O. The fraction of sp³-hybridized carbons (Fsp3) is 0.273. The first kappa shape index (κ1) is 11.1. The second-order valence-electron chi connectivity index (χ2n) is 3.52. The molecule has 1 N–H and O–H groups in total. The number of nitrogens with one attached hydrogen (secondary N) is 1. The predicted molar refractivity (Wildman–Crippen MR) is 68.8 cm³/mol. The molecule has 0 radical (unpaired) electrons. The van der Waals surface area contributed by atoms with Crippen molar-refractivity contribution >= 4 is 32.7 Å². The fourth-order valence-electron chi connectivity index (χ4n) is 1.60. The largest absolute Gasteiger partial charge is 0.370 e. The minimum absolute atomic E-state index is 0.0406. The molecule has 2 heterocycles. The molecule has 0 amide bonds. The van der Waals surface area contributed by atoms with Crippen LogP contribution >= 0.6 is 15.9 Å². The molecule has 16 heavy (non-hydrogen) atoms. The van der Waals surface area contributed by atoms with E-state index in [9.17, 15) is 4.79 Å². The standard InChI is InChI=1S/C11H12BrN3O/c1-3-13-10-5-9-7(6-14-10)4-8(12)11(16)15(9)2/h4-6H,3H2,1-2H3,(H,13,14). The lowest BCUT2D eigenvalue weighted by Gasteiger charge is -2.08. The minimum atomic E-state index is -0.0406. The Morgan fingerprint density at radius 2 is 2.25 bits per heavy atom. The molecule has 0 spiro atoms. The molecule has 0 aliphatic rings. The maximum Gasteiger partial charge on any atom is 0.265 e. The average molecular weight is 282 g/mol. The van der Waals surface area contributed by atoms with Gasteiger partial charge in [-0.25, -0.2) is 4.98 Å². The zero-order chi connectivity index (χ0) is 11.7. The Kier molecular flexibility index (Phi) is 2.96. The van der Waals surface area contributed by atoms with Gasteiger partial charge < -0.3 is 9.88 Å². The molecule has 0 saturated heterocycles. The van der Waals surface area contributed by atoms with E-state index in [2.05, 4.69) is 26.2 Å². The number of nitrogens with zero attached hydrogens (tertiary/aromatic N) is 2. The summed E-state index contributed by atoms with van der Waals surface area (Å²) in [7, 11) is 1.76. The number of rotatable bonds is 2. The van der Waals surface area contributed by atoms with E-state index < -0.39 is 0 Å². The molecule has 0 aliphatic heterocycles. The molecule has 0 aliphatic carbocycles. The number of pyridine rings is 2. The van der Waals surface area contributed by atoms with Crippen LogP contribution in [0.1, 0.15) is 6.92 Å². The molecule has 0 bridgehead atoms. The molecule has 5 heteroatoms. The molecule has 0 atom stereocenters. The molecule has 0 unspecified atom stereocenters. The van der Waals surface area contributed by atoms with Gasteiger partial charge in [0.2, 0.25) is 0 Å². The summed E-state index contributed by atoms with van der Waals surface area (Å²) in [6.45, 7) is 2.81. The van der Waals surface area contributed by atoms with E-state index in [4.69, 9.17) is 0 Å². The van der Waals surface area contributed by atoms with Crippen molar-refractivity contribution in [1.29, 1.82) is 0 Å². The van der Waals surface area contributed by atoms with Crippen LogP contribution in [-0.4, -0.2) is 16.1 Å². The summed E-state index contributed by atoms with van der Waals surface area (Å²) in [6, 6.07) is 3.67. The van der Waals surface area contributed by atoms with Crippen LogP contribution in [0.15, 0.2) is 27.6 Å². The van der Waals surface area contributed by atoms with Gasteiger partial charge in [0.25, 0.3) is 5.56 Å². The number of hydrogen-bond donors (Lipinski definition) is 1. The first-order valence-corrected chi connectivity index (χ1v) is 5.82. The third-order valence-electron chi connectivity index (χ3n) is 2.42. The van der Waals surface area contributed by atoms with Gasteiger partial charge in [0.05, 0.1) is 9.99 Å². The van der Waals surface area contributed by atoms with Crippen molar-refractivity contribution in [1.82, 2.24) is 9.55 Å². The minimum Gasteiger partial charge on any atom is -0.370 e. The Morgan fingerprint density at radius 3 is 2.94 bits per heavy atom. The van der Waals surface area contributed by atoms with Gasteiger partial charge in [0.15, 0.2) is 0 Å². The first-order valence-electron chi connectivity index (χ1n) is 5.02. The van der Waals surface area contributed by atoms with E-state index in [1.807, 2.05) is 13.0 Å². The molecule has 2 aromatic rings. The summed E-state index contributed by atoms with van der Waals surface area (Å²) in [6.07, 6.45) is 1.76. The molecule has 0 aromatic carbocycles. The van der Waals surface area contributed by atoms with Gasteiger partial charge in [0, 0.05) is 31.2 Å². The summed E-state index contributed by atoms with van der Waals surface area (Å²) in [5, 5.41) is 4.06. The SMILES string of the molecule is CCNc1cc2c(cn1)cc(Br)c(=O)n2C. The highest BCUT2D eigenvalue weighted by Crippen LogP contribution is 2.17. The van der Waals surface area contributed by atoms with E-state index in [1.165, 1.54) is 0 Å². The summed E-state index contributed by atoms with van der Waals surface area (Å²) in [5.74, 6) is 0.785. The molecule has 2 aromatic heterocycles. The lowest BCUT2D eigenvalue weighted by Crippen LogP contribution is -2.17. The second kappa shape index (κ2) is 4.25. The number of hydrogen-bond acceptors (Lipinski definition) is 3. The van der Waals surface area contributed by atoms with Crippen LogP contribution in [0.4, 0.5) is 5.82 Å². The second-order valence-corrected chi connectivity index (χ2v) is 4.37. The van der Waals surface area contributed by atoms with E-state index in [1.54, 1.807) is 23.9 Å². The zero-order valence-electron chi connectivity index (χ0n) is 9.12. The molecular weight excluding hydrogens is 270 g/mol. The van der Waals surface area contributed by atoms with Gasteiger partial charge >= 0.3 is 0 Å². The van der Waals surface area contributed by atoms with Crippen molar-refractivity contribution in [2.24, 2.45) is 7.05 Å². The highest BCUT2D eigenvalue weighted by molar-refractivity contribution is 9.10. The third-order valence-corrected chi connectivity index (χ3v) is 2.99. The highest BCUT2D eigenvalue weighted by atomic mass is 79.9. The summed E-state index contributed by atoms with van der Waals surface area (Å²) < 4.78 is 2.17. The van der Waals surface area contributed by atoms with Gasteiger partial charge in [-0.15, -0.1) is 0 Å². The molecule has 2 rings (SSSR count). The quantitative estimate of drug-likeness (QED) is 0.917. The maximum absolute atomic E-state index is 11.7. The van der Waals surface area contributed by atoms with Crippen LogP contribution < -0.4 is 10.9 Å². The topological polar surface area (TPSA) is 46.9 Å². The van der Waals surface area contributed by atoms with Crippen LogP contribution in [0.2, 0.25) is 0 Å². The Balaban J connectivity index is 2.73. The Morgan fingerprint density at radius 1 is 1.50 bits per heavy atom. The fourth-order valence-corrected chi connectivity index (χ4v) is 2.12. The first-order chi connectivity index (χ1) is 7.63. The lowest BCUT2D eigenvalue weighted by molar-refractivity contribution is 0.897. The van der Waals surface area contributed by atoms with Crippen molar-refractivity contribution in [2.45, 2.75) is 6.92 Å². The van der Waals surface area contributed by atoms with Crippen molar-refractivity contribution in [3.8, 4) is 0 Å². The van der Waals surface area contributed by atoms with Crippen molar-refractivity contribution in [3.63, 3.8) is 0 Å². The van der Waals surface area contributed by atoms with E-state index in [0.717, 1.165) is 23.3 Å². The van der Waals surface area contributed by atoms with Gasteiger partial charge in [-0.2, -0.15) is 0 Å². The van der Waals surface area contributed by atoms with Crippen LogP contribution in [0.5, 0.6) is 0 Å². The predicted octanol–water partition coefficient (Wildman–Crippen LogP) is 2.13. The Hall–Kier alpha value is -1.36. The van der Waals surface area contributed by atoms with E-state index in [-0.39, 0.29) is 5.56 Å². The van der Waals surface area contributed by atoms with Crippen LogP contribution in [0, 0.1) is 0 Å². The van der Waals surface area contributed by atoms with E-state index >= 15 is 0 Å². The smallest absolute Gasteiger partial charge is 0.265 e. The van der Waals surface area contributed by atoms with Gasteiger partial charge in [-0.3, -0.25) is 4.79 Å². The lowest BCUT2D eigenvalue weighted by atomic mass is 10.2. The summed E-state index contributed by atoms with van der Waals surface area (Å²) in [5.41, 5.74) is 0.834.